The molecule has 1 aromatic rings. The van der Waals surface area contributed by atoms with E-state index in [2.05, 4.69) is 5.32 Å². The van der Waals surface area contributed by atoms with Gasteiger partial charge in [-0.25, -0.2) is 0 Å². The number of nitrogens with one attached hydrogen (secondary N) is 1. The van der Waals surface area contributed by atoms with Crippen LogP contribution in [0.4, 0.5) is 0 Å². The van der Waals surface area contributed by atoms with E-state index in [1.54, 1.807) is 4.90 Å². The molecule has 2 rings (SSSR count). The van der Waals surface area contributed by atoms with Gasteiger partial charge in [0.2, 0.25) is 5.91 Å². The van der Waals surface area contributed by atoms with Crippen LogP contribution in [0.3, 0.4) is 0 Å². The molecule has 0 spiro atoms. The molecule has 1 saturated heterocycles. The highest BCUT2D eigenvalue weighted by molar-refractivity contribution is 5.80. The largest absolute Gasteiger partial charge is 0.480 e. The lowest BCUT2D eigenvalue weighted by Crippen LogP contribution is -2.48. The van der Waals surface area contributed by atoms with E-state index in [4.69, 9.17) is 4.74 Å². The van der Waals surface area contributed by atoms with Gasteiger partial charge >= 0.3 is 5.97 Å². The molecule has 0 aromatic heterocycles. The van der Waals surface area contributed by atoms with Crippen LogP contribution >= 0.6 is 0 Å². The number of carboxylic acid groups (broad SMARTS) is 1. The summed E-state index contributed by atoms with van der Waals surface area (Å²) in [7, 11) is 0. The molecule has 1 atom stereocenters. The fourth-order valence-electron chi connectivity index (χ4n) is 2.98. The van der Waals surface area contributed by atoms with E-state index in [9.17, 15) is 14.7 Å². The average molecular weight is 334 g/mol. The number of aliphatic carboxylic acids is 1. The highest BCUT2D eigenvalue weighted by Gasteiger charge is 2.29. The normalized spacial score (nSPS) is 18.3. The summed E-state index contributed by atoms with van der Waals surface area (Å²) in [4.78, 5) is 25.2. The number of piperidine rings is 1. The van der Waals surface area contributed by atoms with Gasteiger partial charge in [-0.2, -0.15) is 0 Å². The Morgan fingerprint density at radius 2 is 2.04 bits per heavy atom. The van der Waals surface area contributed by atoms with Crippen molar-refractivity contribution in [3.63, 3.8) is 0 Å². The number of carbonyl (C=O) groups excluding carboxylic acids is 1. The van der Waals surface area contributed by atoms with Crippen LogP contribution in [0.15, 0.2) is 24.3 Å². The molecule has 2 N–H and O–H groups in total. The third-order valence-electron chi connectivity index (χ3n) is 4.30. The molecule has 6 heteroatoms. The molecule has 6 nitrogen and oxygen atoms in total. The molecule has 132 valence electrons. The Morgan fingerprint density at radius 3 is 2.75 bits per heavy atom. The Bertz CT molecular complexity index is 562. The SMILES string of the molecule is CCOCc1ccccc1CNC(=O)CN1CCCCC1C(=O)O. The van der Waals surface area contributed by atoms with Gasteiger partial charge in [0.25, 0.3) is 0 Å². The first kappa shape index (κ1) is 18.4. The minimum Gasteiger partial charge on any atom is -0.480 e. The average Bonchev–Trinajstić information content (AvgIpc) is 2.59. The van der Waals surface area contributed by atoms with Gasteiger partial charge in [-0.15, -0.1) is 0 Å². The molecule has 1 aliphatic heterocycles. The van der Waals surface area contributed by atoms with Gasteiger partial charge in [-0.3, -0.25) is 14.5 Å². The van der Waals surface area contributed by atoms with Crippen molar-refractivity contribution in [3.05, 3.63) is 35.4 Å². The van der Waals surface area contributed by atoms with E-state index >= 15 is 0 Å². The molecule has 0 bridgehead atoms. The minimum atomic E-state index is -0.843. The predicted octanol–water partition coefficient (Wildman–Crippen LogP) is 1.78. The molecule has 1 amide bonds. The summed E-state index contributed by atoms with van der Waals surface area (Å²) in [6, 6.07) is 7.29. The number of hydrogen-bond acceptors (Lipinski definition) is 4. The summed E-state index contributed by atoms with van der Waals surface area (Å²) < 4.78 is 5.44. The number of amides is 1. The van der Waals surface area contributed by atoms with Crippen molar-refractivity contribution in [2.45, 2.75) is 45.4 Å². The second kappa shape index (κ2) is 9.39. The number of nitrogens with zero attached hydrogens (tertiary/aromatic N) is 1. The molecule has 0 aliphatic carbocycles. The quantitative estimate of drug-likeness (QED) is 0.758. The van der Waals surface area contributed by atoms with E-state index in [-0.39, 0.29) is 12.5 Å². The van der Waals surface area contributed by atoms with Gasteiger partial charge in [-0.1, -0.05) is 30.7 Å². The Balaban J connectivity index is 1.88. The molecular formula is C18H26N2O4. The maximum absolute atomic E-state index is 12.2. The van der Waals surface area contributed by atoms with Crippen molar-refractivity contribution < 1.29 is 19.4 Å². The zero-order chi connectivity index (χ0) is 17.4. The van der Waals surface area contributed by atoms with Crippen molar-refractivity contribution >= 4 is 11.9 Å². The second-order valence-electron chi connectivity index (χ2n) is 6.00. The number of hydrogen-bond donors (Lipinski definition) is 2. The monoisotopic (exact) mass is 334 g/mol. The van der Waals surface area contributed by atoms with Crippen LogP contribution in [0.1, 0.15) is 37.3 Å². The Hall–Kier alpha value is -1.92. The number of rotatable bonds is 8. The summed E-state index contributed by atoms with van der Waals surface area (Å²) in [5, 5.41) is 12.2. The van der Waals surface area contributed by atoms with Crippen LogP contribution in [0, 0.1) is 0 Å². The highest BCUT2D eigenvalue weighted by Crippen LogP contribution is 2.16. The van der Waals surface area contributed by atoms with Gasteiger partial charge in [0, 0.05) is 13.2 Å². The first-order valence-electron chi connectivity index (χ1n) is 8.50. The van der Waals surface area contributed by atoms with Crippen molar-refractivity contribution in [1.29, 1.82) is 0 Å². The van der Waals surface area contributed by atoms with Crippen LogP contribution in [0.2, 0.25) is 0 Å². The lowest BCUT2D eigenvalue weighted by Gasteiger charge is -2.32. The van der Waals surface area contributed by atoms with Crippen LogP contribution in [-0.2, 0) is 27.5 Å². The first-order valence-corrected chi connectivity index (χ1v) is 8.50. The van der Waals surface area contributed by atoms with Crippen LogP contribution in [-0.4, -0.2) is 47.6 Å². The minimum absolute atomic E-state index is 0.130. The smallest absolute Gasteiger partial charge is 0.320 e. The van der Waals surface area contributed by atoms with E-state index in [0.29, 0.717) is 32.7 Å². The van der Waals surface area contributed by atoms with Crippen molar-refractivity contribution in [1.82, 2.24) is 10.2 Å². The summed E-state index contributed by atoms with van der Waals surface area (Å²) in [5.41, 5.74) is 2.08. The third-order valence-corrected chi connectivity index (χ3v) is 4.30. The lowest BCUT2D eigenvalue weighted by atomic mass is 10.0. The van der Waals surface area contributed by atoms with E-state index in [0.717, 1.165) is 24.0 Å². The summed E-state index contributed by atoms with van der Waals surface area (Å²) in [5.74, 6) is -0.987. The predicted molar refractivity (Wildman–Crippen MR) is 90.5 cm³/mol. The summed E-state index contributed by atoms with van der Waals surface area (Å²) >= 11 is 0. The maximum Gasteiger partial charge on any atom is 0.320 e. The number of benzene rings is 1. The van der Waals surface area contributed by atoms with Crippen molar-refractivity contribution in [2.24, 2.45) is 0 Å². The van der Waals surface area contributed by atoms with E-state index < -0.39 is 12.0 Å². The van der Waals surface area contributed by atoms with Crippen molar-refractivity contribution in [3.8, 4) is 0 Å². The first-order chi connectivity index (χ1) is 11.6. The van der Waals surface area contributed by atoms with Crippen molar-refractivity contribution in [2.75, 3.05) is 19.7 Å². The standard InChI is InChI=1S/C18H26N2O4/c1-2-24-13-15-8-4-3-7-14(15)11-19-17(21)12-20-10-6-5-9-16(20)18(22)23/h3-4,7-8,16H,2,5-6,9-13H2,1H3,(H,19,21)(H,22,23). The zero-order valence-corrected chi connectivity index (χ0v) is 14.2. The van der Waals surface area contributed by atoms with Gasteiger partial charge in [0.05, 0.1) is 13.2 Å². The fraction of sp³-hybridized carbons (Fsp3) is 0.556. The number of ether oxygens (including phenoxy) is 1. The summed E-state index contributed by atoms with van der Waals surface area (Å²) in [6.45, 7) is 4.33. The fourth-order valence-corrected chi connectivity index (χ4v) is 2.98. The van der Waals surface area contributed by atoms with Crippen LogP contribution in [0.25, 0.3) is 0 Å². The molecule has 1 aromatic carbocycles. The molecule has 0 radical (unpaired) electrons. The zero-order valence-electron chi connectivity index (χ0n) is 14.2. The molecule has 1 aliphatic rings. The lowest BCUT2D eigenvalue weighted by molar-refractivity contribution is -0.145. The Kier molecular flexibility index (Phi) is 7.21. The number of likely N-dealkylation sites (tertiary alicyclic amines) is 1. The van der Waals surface area contributed by atoms with Gasteiger partial charge in [0.1, 0.15) is 6.04 Å². The second-order valence-corrected chi connectivity index (χ2v) is 6.00. The molecule has 24 heavy (non-hydrogen) atoms. The van der Waals surface area contributed by atoms with Gasteiger partial charge in [-0.05, 0) is 37.4 Å². The number of carbonyl (C=O) groups is 2. The van der Waals surface area contributed by atoms with Crippen LogP contribution in [0.5, 0.6) is 0 Å². The molecule has 1 heterocycles. The van der Waals surface area contributed by atoms with Gasteiger partial charge in [0.15, 0.2) is 0 Å². The number of carboxylic acids is 1. The summed E-state index contributed by atoms with van der Waals surface area (Å²) in [6.07, 6.45) is 2.45. The Labute approximate surface area is 142 Å². The topological polar surface area (TPSA) is 78.9 Å². The Morgan fingerprint density at radius 1 is 1.29 bits per heavy atom. The van der Waals surface area contributed by atoms with Crippen LogP contribution < -0.4 is 5.32 Å². The molecule has 1 fully saturated rings. The highest BCUT2D eigenvalue weighted by atomic mass is 16.5. The maximum atomic E-state index is 12.2. The van der Waals surface area contributed by atoms with Gasteiger partial charge < -0.3 is 15.2 Å². The molecular weight excluding hydrogens is 308 g/mol. The third kappa shape index (κ3) is 5.32. The molecule has 0 saturated carbocycles. The van der Waals surface area contributed by atoms with E-state index in [1.165, 1.54) is 0 Å². The van der Waals surface area contributed by atoms with E-state index in [1.807, 2.05) is 31.2 Å². The molecule has 1 unspecified atom stereocenters.